The molecule has 0 aliphatic carbocycles. The molecule has 39 heavy (non-hydrogen) atoms. The van der Waals surface area contributed by atoms with E-state index in [1.807, 2.05) is 6.07 Å². The average Bonchev–Trinajstić information content (AvgIpc) is 3.13. The van der Waals surface area contributed by atoms with Crippen LogP contribution in [0.3, 0.4) is 0 Å². The lowest BCUT2D eigenvalue weighted by Gasteiger charge is -2.25. The number of alkyl halides is 1. The maximum atomic E-state index is 15.5. The summed E-state index contributed by atoms with van der Waals surface area (Å²) in [5.41, 5.74) is 2.05. The Morgan fingerprint density at radius 3 is 2.67 bits per heavy atom. The van der Waals surface area contributed by atoms with Gasteiger partial charge in [0.05, 0.1) is 25.2 Å². The molecular weight excluding hydrogens is 554 g/mol. The van der Waals surface area contributed by atoms with Crippen LogP contribution in [0.5, 0.6) is 0 Å². The smallest absolute Gasteiger partial charge is 0.395 e. The number of halogens is 1. The van der Waals surface area contributed by atoms with Crippen molar-refractivity contribution < 1.29 is 37.7 Å². The molecule has 15 heteroatoms. The number of ether oxygens (including phenoxy) is 1. The Labute approximate surface area is 229 Å². The number of nitrogen functional groups attached to an aromatic ring is 1. The highest BCUT2D eigenvalue weighted by atomic mass is 32.2. The fourth-order valence-electron chi connectivity index (χ4n) is 3.59. The van der Waals surface area contributed by atoms with E-state index < -0.39 is 49.6 Å². The van der Waals surface area contributed by atoms with Crippen molar-refractivity contribution in [3.8, 4) is 0 Å². The van der Waals surface area contributed by atoms with Gasteiger partial charge in [-0.15, -0.1) is 0 Å². The summed E-state index contributed by atoms with van der Waals surface area (Å²) < 4.78 is 46.6. The maximum absolute atomic E-state index is 15.5. The van der Waals surface area contributed by atoms with E-state index >= 15 is 4.39 Å². The Morgan fingerprint density at radius 1 is 1.33 bits per heavy atom. The van der Waals surface area contributed by atoms with Gasteiger partial charge in [-0.3, -0.25) is 18.4 Å². The van der Waals surface area contributed by atoms with Crippen molar-refractivity contribution in [2.24, 2.45) is 5.41 Å². The summed E-state index contributed by atoms with van der Waals surface area (Å²) in [6.45, 7) is 3.36. The molecule has 1 aromatic heterocycles. The third-order valence-electron chi connectivity index (χ3n) is 6.08. The third-order valence-corrected chi connectivity index (χ3v) is 8.82. The molecule has 2 unspecified atom stereocenters. The predicted octanol–water partition coefficient (Wildman–Crippen LogP) is 2.02. The van der Waals surface area contributed by atoms with Gasteiger partial charge in [0, 0.05) is 18.5 Å². The summed E-state index contributed by atoms with van der Waals surface area (Å²) in [7, 11) is -4.06. The van der Waals surface area contributed by atoms with Crippen molar-refractivity contribution >= 4 is 30.4 Å². The Bertz CT molecular complexity index is 1230. The number of aromatic nitrogens is 2. The highest BCUT2D eigenvalue weighted by molar-refractivity contribution is 8.13. The Morgan fingerprint density at radius 2 is 2.03 bits per heavy atom. The van der Waals surface area contributed by atoms with Crippen molar-refractivity contribution in [2.45, 2.75) is 51.4 Å². The van der Waals surface area contributed by atoms with Gasteiger partial charge in [-0.25, -0.2) is 18.8 Å². The summed E-state index contributed by atoms with van der Waals surface area (Å²) in [6.07, 6.45) is -3.40. The molecule has 0 radical (unpaired) electrons. The molecule has 12 nitrogen and oxygen atoms in total. The van der Waals surface area contributed by atoms with Gasteiger partial charge in [0.25, 0.3) is 0 Å². The topological polar surface area (TPSA) is 175 Å². The molecule has 0 amide bonds. The van der Waals surface area contributed by atoms with Crippen LogP contribution in [0.15, 0.2) is 47.4 Å². The summed E-state index contributed by atoms with van der Waals surface area (Å²) in [5.74, 6) is 0.0701. The Kier molecular flexibility index (Phi) is 10.5. The summed E-state index contributed by atoms with van der Waals surface area (Å²) >= 11 is 0.917. The lowest BCUT2D eigenvalue weighted by Crippen LogP contribution is -2.43. The number of carbonyl (C=O) groups is 1. The number of nitrogens with zero attached hydrogens (tertiary/aromatic N) is 2. The van der Waals surface area contributed by atoms with Crippen LogP contribution in [0.4, 0.5) is 10.2 Å². The molecular formula is C24H34FN4O8PS. The van der Waals surface area contributed by atoms with Gasteiger partial charge in [-0.2, -0.15) is 4.98 Å². The molecule has 5 atom stereocenters. The number of benzene rings is 1. The minimum absolute atomic E-state index is 0.0578. The molecule has 1 aliphatic rings. The number of nitrogens with two attached hydrogens (primary N) is 1. The second kappa shape index (κ2) is 13.0. The van der Waals surface area contributed by atoms with Gasteiger partial charge >= 0.3 is 13.4 Å². The molecule has 5 N–H and O–H groups in total. The number of anilines is 1. The molecule has 3 rings (SSSR count). The van der Waals surface area contributed by atoms with E-state index in [0.717, 1.165) is 28.8 Å². The number of aliphatic hydroxyl groups excluding tert-OH is 2. The van der Waals surface area contributed by atoms with Gasteiger partial charge in [-0.05, 0) is 32.4 Å². The van der Waals surface area contributed by atoms with Gasteiger partial charge in [0.1, 0.15) is 18.0 Å². The van der Waals surface area contributed by atoms with Crippen LogP contribution >= 0.6 is 19.5 Å². The molecule has 1 saturated heterocycles. The average molecular weight is 589 g/mol. The van der Waals surface area contributed by atoms with Gasteiger partial charge < -0.3 is 20.7 Å². The monoisotopic (exact) mass is 588 g/mol. The first-order chi connectivity index (χ1) is 18.3. The zero-order chi connectivity index (χ0) is 28.8. The van der Waals surface area contributed by atoms with E-state index in [2.05, 4.69) is 10.1 Å². The van der Waals surface area contributed by atoms with E-state index in [1.165, 1.54) is 12.3 Å². The van der Waals surface area contributed by atoms with Crippen LogP contribution in [-0.2, 0) is 29.7 Å². The lowest BCUT2D eigenvalue weighted by molar-refractivity contribution is -0.119. The van der Waals surface area contributed by atoms with Crippen LogP contribution in [-0.4, -0.2) is 68.3 Å². The SMILES string of the molecule is CC(C)(CO)C(=O)SCCOP(=O)(NCc1ccccc1)OC[C@H]1O[C@@H](n2ccc(N)nc2=O)C(C)(F)[C@H]1O. The zero-order valence-corrected chi connectivity index (χ0v) is 23.6. The number of nitrogens with one attached hydrogen (secondary N) is 1. The highest BCUT2D eigenvalue weighted by Gasteiger charge is 2.55. The first-order valence-electron chi connectivity index (χ1n) is 12.1. The molecule has 0 bridgehead atoms. The van der Waals surface area contributed by atoms with Crippen LogP contribution in [0.2, 0.25) is 0 Å². The second-order valence-corrected chi connectivity index (χ2v) is 12.7. The maximum Gasteiger partial charge on any atom is 0.405 e. The van der Waals surface area contributed by atoms with Crippen molar-refractivity contribution in [1.29, 1.82) is 0 Å². The number of aliphatic hydroxyl groups is 2. The molecule has 2 aromatic rings. The number of hydrogen-bond donors (Lipinski definition) is 4. The molecule has 1 aromatic carbocycles. The quantitative estimate of drug-likeness (QED) is 0.198. The van der Waals surface area contributed by atoms with Gasteiger partial charge in [0.2, 0.25) is 0 Å². The minimum Gasteiger partial charge on any atom is -0.395 e. The van der Waals surface area contributed by atoms with Crippen LogP contribution in [0, 0.1) is 5.41 Å². The van der Waals surface area contributed by atoms with Gasteiger partial charge in [-0.1, -0.05) is 42.1 Å². The van der Waals surface area contributed by atoms with E-state index in [-0.39, 0.29) is 36.4 Å². The number of carbonyl (C=O) groups excluding carboxylic acids is 1. The molecule has 1 aliphatic heterocycles. The fourth-order valence-corrected chi connectivity index (χ4v) is 5.83. The fraction of sp³-hybridized carbons (Fsp3) is 0.542. The van der Waals surface area contributed by atoms with Crippen molar-refractivity contribution in [1.82, 2.24) is 14.6 Å². The van der Waals surface area contributed by atoms with E-state index in [0.29, 0.717) is 0 Å². The third kappa shape index (κ3) is 7.95. The van der Waals surface area contributed by atoms with Crippen LogP contribution in [0.25, 0.3) is 0 Å². The Balaban J connectivity index is 1.68. The molecule has 1 fully saturated rings. The van der Waals surface area contributed by atoms with Crippen LogP contribution in [0.1, 0.15) is 32.6 Å². The number of hydrogen-bond acceptors (Lipinski definition) is 11. The van der Waals surface area contributed by atoms with E-state index in [4.69, 9.17) is 19.5 Å². The first-order valence-corrected chi connectivity index (χ1v) is 14.7. The largest absolute Gasteiger partial charge is 0.405 e. The number of rotatable bonds is 13. The normalized spacial score (nSPS) is 24.9. The molecule has 0 spiro atoms. The van der Waals surface area contributed by atoms with Crippen LogP contribution < -0.4 is 16.5 Å². The molecule has 0 saturated carbocycles. The van der Waals surface area contributed by atoms with Crippen molar-refractivity contribution in [3.05, 3.63) is 58.6 Å². The zero-order valence-electron chi connectivity index (χ0n) is 21.9. The summed E-state index contributed by atoms with van der Waals surface area (Å²) in [5, 5.41) is 22.4. The van der Waals surface area contributed by atoms with E-state index in [9.17, 15) is 24.4 Å². The highest BCUT2D eigenvalue weighted by Crippen LogP contribution is 2.47. The molecule has 216 valence electrons. The van der Waals surface area contributed by atoms with Crippen molar-refractivity contribution in [2.75, 3.05) is 31.3 Å². The second-order valence-electron chi connectivity index (χ2n) is 9.79. The predicted molar refractivity (Wildman–Crippen MR) is 143 cm³/mol. The van der Waals surface area contributed by atoms with Gasteiger partial charge in [0.15, 0.2) is 17.0 Å². The summed E-state index contributed by atoms with van der Waals surface area (Å²) in [6, 6.07) is 10.3. The van der Waals surface area contributed by atoms with E-state index in [1.54, 1.807) is 38.1 Å². The first kappa shape index (κ1) is 31.4. The summed E-state index contributed by atoms with van der Waals surface area (Å²) in [4.78, 5) is 28.0. The van der Waals surface area contributed by atoms with Crippen molar-refractivity contribution in [3.63, 3.8) is 0 Å². The standard InChI is InChI=1S/C24H34FN4O8PS/c1-23(2,15-30)21(32)39-12-11-35-38(34,27-13-16-7-5-4-6-8-16)36-14-17-19(31)24(3,25)20(37-17)29-10-9-18(26)28-22(29)33/h4-10,17,19-20,30-31H,11-15H2,1-3H3,(H,27,34)(H2,26,28,33)/t17-,19+,20-,24?,38?/m1/s1. The molecule has 2 heterocycles. The number of thioether (sulfide) groups is 1. The minimum atomic E-state index is -4.06. The lowest BCUT2D eigenvalue weighted by atomic mass is 9.97. The Hall–Kier alpha value is -2.16.